The Morgan fingerprint density at radius 1 is 0.688 bits per heavy atom. The number of hydrogen-bond donors (Lipinski definition) is 0. The zero-order valence-electron chi connectivity index (χ0n) is 29.7. The van der Waals surface area contributed by atoms with Gasteiger partial charge in [-0.2, -0.15) is 0 Å². The lowest BCUT2D eigenvalue weighted by Crippen LogP contribution is -2.32. The van der Waals surface area contributed by atoms with Gasteiger partial charge in [-0.3, -0.25) is 0 Å². The molecule has 1 aliphatic heterocycles. The Kier molecular flexibility index (Phi) is 18.7. The summed E-state index contributed by atoms with van der Waals surface area (Å²) in [6.45, 7) is 3.50. The minimum absolute atomic E-state index is 0.0133. The van der Waals surface area contributed by atoms with Crippen LogP contribution in [0.1, 0.15) is 114 Å². The van der Waals surface area contributed by atoms with Crippen molar-refractivity contribution in [3.8, 4) is 5.75 Å². The number of benzene rings is 3. The van der Waals surface area contributed by atoms with Crippen LogP contribution in [-0.2, 0) is 26.8 Å². The topological polar surface area (TPSA) is 27.7 Å². The molecule has 0 bridgehead atoms. The van der Waals surface area contributed by atoms with Crippen molar-refractivity contribution < 1.29 is 14.2 Å². The average Bonchev–Trinajstić information content (AvgIpc) is 3.14. The standard InChI is InChI=1S/C43H60O3S2/c1-3-4-5-6-7-8-9-10-11-12-13-20-26-41(45-35-37-22-16-14-17-23-37)33-42(46-36-38-24-18-15-19-25-38)34-43(47-31-21-32-48-43)39-27-29-40(44-2)30-28-39/h14-20,22-30,41-42H,3-13,21,31-36H2,1-2H3/b26-20+/t41-,42-/m1/s1. The van der Waals surface area contributed by atoms with Crippen LogP contribution >= 0.6 is 23.5 Å². The van der Waals surface area contributed by atoms with E-state index < -0.39 is 0 Å². The molecule has 0 N–H and O–H groups in total. The zero-order valence-corrected chi connectivity index (χ0v) is 31.3. The molecule has 0 radical (unpaired) electrons. The van der Waals surface area contributed by atoms with Gasteiger partial charge in [0.15, 0.2) is 0 Å². The number of hydrogen-bond acceptors (Lipinski definition) is 5. The van der Waals surface area contributed by atoms with Crippen molar-refractivity contribution in [2.75, 3.05) is 18.6 Å². The summed E-state index contributed by atoms with van der Waals surface area (Å²) in [6.07, 6.45) is 22.5. The van der Waals surface area contributed by atoms with Gasteiger partial charge in [-0.1, -0.05) is 150 Å². The lowest BCUT2D eigenvalue weighted by Gasteiger charge is -2.39. The van der Waals surface area contributed by atoms with Crippen molar-refractivity contribution in [3.63, 3.8) is 0 Å². The number of methoxy groups -OCH3 is 1. The van der Waals surface area contributed by atoms with E-state index in [2.05, 4.69) is 128 Å². The number of ether oxygens (including phenoxy) is 3. The van der Waals surface area contributed by atoms with E-state index in [1.165, 1.54) is 87.3 Å². The Bertz CT molecular complexity index is 1240. The van der Waals surface area contributed by atoms with E-state index >= 15 is 0 Å². The van der Waals surface area contributed by atoms with Crippen molar-refractivity contribution in [1.82, 2.24) is 0 Å². The van der Waals surface area contributed by atoms with E-state index in [0.717, 1.165) is 36.5 Å². The molecule has 5 heteroatoms. The van der Waals surface area contributed by atoms with Crippen molar-refractivity contribution in [2.45, 2.75) is 126 Å². The van der Waals surface area contributed by atoms with Crippen LogP contribution in [0.2, 0.25) is 0 Å². The molecule has 0 amide bonds. The Morgan fingerprint density at radius 2 is 1.25 bits per heavy atom. The largest absolute Gasteiger partial charge is 0.497 e. The highest BCUT2D eigenvalue weighted by Gasteiger charge is 2.39. The van der Waals surface area contributed by atoms with Crippen molar-refractivity contribution in [3.05, 3.63) is 114 Å². The number of thioether (sulfide) groups is 2. The molecule has 3 aromatic rings. The number of rotatable bonds is 24. The molecule has 0 saturated carbocycles. The lowest BCUT2D eigenvalue weighted by atomic mass is 10.00. The minimum Gasteiger partial charge on any atom is -0.497 e. The molecule has 3 nitrogen and oxygen atoms in total. The smallest absolute Gasteiger partial charge is 0.118 e. The van der Waals surface area contributed by atoms with Crippen molar-refractivity contribution in [2.24, 2.45) is 0 Å². The summed E-state index contributed by atoms with van der Waals surface area (Å²) in [5.41, 5.74) is 3.77. The molecule has 0 aromatic heterocycles. The predicted molar refractivity (Wildman–Crippen MR) is 209 cm³/mol. The van der Waals surface area contributed by atoms with Crippen LogP contribution in [0.4, 0.5) is 0 Å². The molecule has 48 heavy (non-hydrogen) atoms. The van der Waals surface area contributed by atoms with Crippen LogP contribution in [0.3, 0.4) is 0 Å². The highest BCUT2D eigenvalue weighted by molar-refractivity contribution is 8.18. The zero-order chi connectivity index (χ0) is 33.5. The van der Waals surface area contributed by atoms with E-state index in [9.17, 15) is 0 Å². The first-order chi connectivity index (χ1) is 23.7. The third kappa shape index (κ3) is 14.4. The van der Waals surface area contributed by atoms with Crippen LogP contribution < -0.4 is 4.74 Å². The van der Waals surface area contributed by atoms with Gasteiger partial charge in [-0.05, 0) is 59.6 Å². The average molecular weight is 689 g/mol. The normalized spacial score (nSPS) is 15.8. The van der Waals surface area contributed by atoms with Gasteiger partial charge < -0.3 is 14.2 Å². The summed E-state index contributed by atoms with van der Waals surface area (Å²) in [7, 11) is 1.74. The van der Waals surface area contributed by atoms with Crippen molar-refractivity contribution in [1.29, 1.82) is 0 Å². The SMILES string of the molecule is CCCCCCCCCCCC/C=C/[C@H](C[C@H](CC1(c2ccc(OC)cc2)SCCCS1)OCc1ccccc1)OCc1ccccc1. The number of allylic oxidation sites excluding steroid dienone is 1. The first-order valence-corrected chi connectivity index (χ1v) is 20.6. The van der Waals surface area contributed by atoms with Gasteiger partial charge in [0.2, 0.25) is 0 Å². The molecule has 1 fully saturated rings. The van der Waals surface area contributed by atoms with E-state index in [4.69, 9.17) is 14.2 Å². The maximum Gasteiger partial charge on any atom is 0.118 e. The fourth-order valence-corrected chi connectivity index (χ4v) is 9.82. The Morgan fingerprint density at radius 3 is 1.83 bits per heavy atom. The summed E-state index contributed by atoms with van der Waals surface area (Å²) in [4.78, 5) is 0. The Balaban J connectivity index is 1.42. The van der Waals surface area contributed by atoms with Crippen LogP contribution in [0.5, 0.6) is 5.75 Å². The third-order valence-corrected chi connectivity index (χ3v) is 12.6. The van der Waals surface area contributed by atoms with Gasteiger partial charge in [0.1, 0.15) is 5.75 Å². The summed E-state index contributed by atoms with van der Waals surface area (Å²) < 4.78 is 19.0. The lowest BCUT2D eigenvalue weighted by molar-refractivity contribution is -0.0176. The van der Waals surface area contributed by atoms with E-state index in [-0.39, 0.29) is 16.3 Å². The molecule has 1 heterocycles. The predicted octanol–water partition coefficient (Wildman–Crippen LogP) is 12.5. The van der Waals surface area contributed by atoms with Gasteiger partial charge in [0, 0.05) is 12.8 Å². The second-order valence-corrected chi connectivity index (χ2v) is 16.2. The molecule has 0 spiro atoms. The fourth-order valence-electron chi connectivity index (χ4n) is 6.36. The summed E-state index contributed by atoms with van der Waals surface area (Å²) in [6, 6.07) is 29.9. The highest BCUT2D eigenvalue weighted by Crippen LogP contribution is 2.54. The van der Waals surface area contributed by atoms with Crippen LogP contribution in [0, 0.1) is 0 Å². The van der Waals surface area contributed by atoms with Gasteiger partial charge in [-0.25, -0.2) is 0 Å². The minimum atomic E-state index is -0.0599. The Labute approximate surface area is 301 Å². The monoisotopic (exact) mass is 688 g/mol. The van der Waals surface area contributed by atoms with E-state index in [1.807, 2.05) is 0 Å². The van der Waals surface area contributed by atoms with Crippen LogP contribution in [0.15, 0.2) is 97.1 Å². The first kappa shape index (κ1) is 38.6. The molecule has 262 valence electrons. The van der Waals surface area contributed by atoms with Crippen LogP contribution in [-0.4, -0.2) is 30.8 Å². The van der Waals surface area contributed by atoms with Crippen molar-refractivity contribution >= 4 is 23.5 Å². The second-order valence-electron chi connectivity index (χ2n) is 13.1. The second kappa shape index (κ2) is 23.3. The molecule has 1 saturated heterocycles. The van der Waals surface area contributed by atoms with Gasteiger partial charge in [0.25, 0.3) is 0 Å². The quantitative estimate of drug-likeness (QED) is 0.0690. The molecule has 1 aliphatic rings. The summed E-state index contributed by atoms with van der Waals surface area (Å²) in [5.74, 6) is 3.23. The fraction of sp³-hybridized carbons (Fsp3) is 0.535. The molecule has 4 rings (SSSR count). The van der Waals surface area contributed by atoms with Crippen LogP contribution in [0.25, 0.3) is 0 Å². The molecule has 0 unspecified atom stereocenters. The number of unbranched alkanes of at least 4 members (excludes halogenated alkanes) is 10. The Hall–Kier alpha value is -2.18. The van der Waals surface area contributed by atoms with Gasteiger partial charge >= 0.3 is 0 Å². The van der Waals surface area contributed by atoms with E-state index in [0.29, 0.717) is 13.2 Å². The van der Waals surface area contributed by atoms with Gasteiger partial charge in [0.05, 0.1) is 36.6 Å². The molecule has 3 aromatic carbocycles. The maximum atomic E-state index is 6.85. The molecular weight excluding hydrogens is 629 g/mol. The molecular formula is C43H60O3S2. The molecule has 0 aliphatic carbocycles. The van der Waals surface area contributed by atoms with Gasteiger partial charge in [-0.15, -0.1) is 23.5 Å². The van der Waals surface area contributed by atoms with E-state index in [1.54, 1.807) is 7.11 Å². The summed E-state index contributed by atoms with van der Waals surface area (Å²) in [5, 5.41) is 0. The molecule has 2 atom stereocenters. The third-order valence-electron chi connectivity index (χ3n) is 9.19. The maximum absolute atomic E-state index is 6.85. The highest BCUT2D eigenvalue weighted by atomic mass is 32.2. The first-order valence-electron chi connectivity index (χ1n) is 18.6. The summed E-state index contributed by atoms with van der Waals surface area (Å²) >= 11 is 4.17.